The maximum Gasteiger partial charge on any atom is 0.123 e. The maximum absolute atomic E-state index is 12.8. The molecule has 3 rings (SSSR count). The summed E-state index contributed by atoms with van der Waals surface area (Å²) in [5.41, 5.74) is 2.42. The Hall–Kier alpha value is -1.64. The summed E-state index contributed by atoms with van der Waals surface area (Å²) in [5, 5.41) is 0. The van der Waals surface area contributed by atoms with Crippen LogP contribution >= 0.6 is 0 Å². The summed E-state index contributed by atoms with van der Waals surface area (Å²) >= 11 is 0. The first-order valence-electron chi connectivity index (χ1n) is 5.57. The molecule has 0 aliphatic heterocycles. The van der Waals surface area contributed by atoms with Crippen molar-refractivity contribution in [1.29, 1.82) is 0 Å². The summed E-state index contributed by atoms with van der Waals surface area (Å²) in [7, 11) is 0. The number of benzene rings is 1. The number of rotatable bonds is 3. The molecular formula is C13H13FN2. The Morgan fingerprint density at radius 1 is 1.25 bits per heavy atom. The smallest absolute Gasteiger partial charge is 0.123 e. The lowest BCUT2D eigenvalue weighted by molar-refractivity contribution is 0.626. The van der Waals surface area contributed by atoms with Crippen molar-refractivity contribution in [3.05, 3.63) is 53.9 Å². The minimum Gasteiger partial charge on any atom is -0.330 e. The molecule has 2 nitrogen and oxygen atoms in total. The molecule has 1 aliphatic carbocycles. The van der Waals surface area contributed by atoms with Crippen LogP contribution in [0.1, 0.15) is 30.0 Å². The van der Waals surface area contributed by atoms with Gasteiger partial charge >= 0.3 is 0 Å². The predicted molar refractivity (Wildman–Crippen MR) is 59.7 cm³/mol. The van der Waals surface area contributed by atoms with Crippen molar-refractivity contribution in [2.75, 3.05) is 0 Å². The third-order valence-corrected chi connectivity index (χ3v) is 3.01. The number of aromatic nitrogens is 2. The second-order valence-electron chi connectivity index (χ2n) is 4.35. The first kappa shape index (κ1) is 9.58. The lowest BCUT2D eigenvalue weighted by atomic mass is 10.2. The van der Waals surface area contributed by atoms with E-state index in [2.05, 4.69) is 9.55 Å². The molecule has 0 radical (unpaired) electrons. The first-order chi connectivity index (χ1) is 7.83. The number of imidazole rings is 1. The van der Waals surface area contributed by atoms with E-state index in [9.17, 15) is 4.39 Å². The molecule has 2 aromatic rings. The third kappa shape index (κ3) is 1.85. The molecule has 0 bridgehead atoms. The molecule has 1 aliphatic rings. The fraction of sp³-hybridized carbons (Fsp3) is 0.308. The molecule has 0 spiro atoms. The van der Waals surface area contributed by atoms with Crippen LogP contribution in [-0.2, 0) is 6.54 Å². The van der Waals surface area contributed by atoms with Crippen molar-refractivity contribution in [2.45, 2.75) is 25.3 Å². The van der Waals surface area contributed by atoms with E-state index in [1.165, 1.54) is 30.7 Å². The van der Waals surface area contributed by atoms with Crippen LogP contribution in [0.25, 0.3) is 0 Å². The van der Waals surface area contributed by atoms with Crippen molar-refractivity contribution in [1.82, 2.24) is 9.55 Å². The highest BCUT2D eigenvalue weighted by molar-refractivity contribution is 5.19. The van der Waals surface area contributed by atoms with E-state index >= 15 is 0 Å². The monoisotopic (exact) mass is 216 g/mol. The SMILES string of the molecule is Fc1ccc(Cn2cncc2C2CC2)cc1. The van der Waals surface area contributed by atoms with Crippen LogP contribution in [0.2, 0.25) is 0 Å². The summed E-state index contributed by atoms with van der Waals surface area (Å²) in [4.78, 5) is 4.19. The van der Waals surface area contributed by atoms with Crippen molar-refractivity contribution in [3.8, 4) is 0 Å². The average molecular weight is 216 g/mol. The third-order valence-electron chi connectivity index (χ3n) is 3.01. The van der Waals surface area contributed by atoms with Gasteiger partial charge in [0.2, 0.25) is 0 Å². The number of hydrogen-bond acceptors (Lipinski definition) is 1. The van der Waals surface area contributed by atoms with Gasteiger partial charge in [-0.05, 0) is 30.5 Å². The first-order valence-corrected chi connectivity index (χ1v) is 5.57. The van der Waals surface area contributed by atoms with Gasteiger partial charge in [-0.15, -0.1) is 0 Å². The van der Waals surface area contributed by atoms with Crippen LogP contribution in [0.5, 0.6) is 0 Å². The van der Waals surface area contributed by atoms with Gasteiger partial charge in [0.25, 0.3) is 0 Å². The summed E-state index contributed by atoms with van der Waals surface area (Å²) in [5.74, 6) is 0.514. The second kappa shape index (κ2) is 3.74. The van der Waals surface area contributed by atoms with E-state index in [0.717, 1.165) is 12.1 Å². The lowest BCUT2D eigenvalue weighted by Crippen LogP contribution is -2.02. The van der Waals surface area contributed by atoms with E-state index in [4.69, 9.17) is 0 Å². The zero-order valence-electron chi connectivity index (χ0n) is 8.94. The van der Waals surface area contributed by atoms with Crippen LogP contribution in [-0.4, -0.2) is 9.55 Å². The summed E-state index contributed by atoms with van der Waals surface area (Å²) in [6.45, 7) is 0.784. The molecule has 82 valence electrons. The molecule has 0 atom stereocenters. The van der Waals surface area contributed by atoms with Gasteiger partial charge in [-0.1, -0.05) is 12.1 Å². The Balaban J connectivity index is 1.82. The number of nitrogens with zero attached hydrogens (tertiary/aromatic N) is 2. The molecule has 1 aromatic carbocycles. The Morgan fingerprint density at radius 2 is 2.00 bits per heavy atom. The van der Waals surface area contributed by atoms with E-state index in [1.807, 2.05) is 24.7 Å². The number of halogens is 1. The van der Waals surface area contributed by atoms with Gasteiger partial charge in [0.15, 0.2) is 0 Å². The van der Waals surface area contributed by atoms with Gasteiger partial charge in [0, 0.05) is 24.4 Å². The Labute approximate surface area is 93.7 Å². The molecule has 1 aromatic heterocycles. The molecule has 0 N–H and O–H groups in total. The Morgan fingerprint density at radius 3 is 2.69 bits per heavy atom. The van der Waals surface area contributed by atoms with Crippen LogP contribution < -0.4 is 0 Å². The zero-order valence-corrected chi connectivity index (χ0v) is 8.94. The fourth-order valence-electron chi connectivity index (χ4n) is 1.97. The fourth-order valence-corrected chi connectivity index (χ4v) is 1.97. The molecule has 1 heterocycles. The van der Waals surface area contributed by atoms with Gasteiger partial charge < -0.3 is 4.57 Å². The van der Waals surface area contributed by atoms with Crippen molar-refractivity contribution >= 4 is 0 Å². The molecule has 0 unspecified atom stereocenters. The van der Waals surface area contributed by atoms with Crippen molar-refractivity contribution in [3.63, 3.8) is 0 Å². The quantitative estimate of drug-likeness (QED) is 0.771. The maximum atomic E-state index is 12.8. The average Bonchev–Trinajstić information content (AvgIpc) is 3.03. The van der Waals surface area contributed by atoms with Gasteiger partial charge in [-0.2, -0.15) is 0 Å². The summed E-state index contributed by atoms with van der Waals surface area (Å²) < 4.78 is 14.9. The van der Waals surface area contributed by atoms with Gasteiger partial charge in [-0.3, -0.25) is 0 Å². The van der Waals surface area contributed by atoms with Gasteiger partial charge in [0.05, 0.1) is 6.33 Å². The van der Waals surface area contributed by atoms with Crippen molar-refractivity contribution < 1.29 is 4.39 Å². The predicted octanol–water partition coefficient (Wildman–Crippen LogP) is 2.95. The largest absolute Gasteiger partial charge is 0.330 e. The Bertz CT molecular complexity index is 483. The molecule has 1 fully saturated rings. The van der Waals surface area contributed by atoms with Crippen molar-refractivity contribution in [2.24, 2.45) is 0 Å². The lowest BCUT2D eigenvalue weighted by Gasteiger charge is -2.07. The summed E-state index contributed by atoms with van der Waals surface area (Å²) in [6, 6.07) is 6.66. The standard InChI is InChI=1S/C13H13FN2/c14-12-5-1-10(2-6-12)8-16-9-15-7-13(16)11-3-4-11/h1-2,5-7,9,11H,3-4,8H2. The van der Waals surface area contributed by atoms with E-state index in [1.54, 1.807) is 0 Å². The highest BCUT2D eigenvalue weighted by atomic mass is 19.1. The molecule has 0 amide bonds. The summed E-state index contributed by atoms with van der Waals surface area (Å²) in [6.07, 6.45) is 6.35. The molecule has 16 heavy (non-hydrogen) atoms. The normalized spacial score (nSPS) is 15.3. The van der Waals surface area contributed by atoms with Crippen LogP contribution in [0.3, 0.4) is 0 Å². The minimum atomic E-state index is -0.184. The van der Waals surface area contributed by atoms with E-state index < -0.39 is 0 Å². The van der Waals surface area contributed by atoms with Crippen LogP contribution in [0.15, 0.2) is 36.8 Å². The zero-order chi connectivity index (χ0) is 11.0. The highest BCUT2D eigenvalue weighted by Gasteiger charge is 2.26. The molecule has 1 saturated carbocycles. The molecular weight excluding hydrogens is 203 g/mol. The minimum absolute atomic E-state index is 0.184. The Kier molecular flexibility index (Phi) is 2.24. The van der Waals surface area contributed by atoms with Gasteiger partial charge in [-0.25, -0.2) is 9.37 Å². The number of hydrogen-bond donors (Lipinski definition) is 0. The molecule has 0 saturated heterocycles. The van der Waals surface area contributed by atoms with Crippen LogP contribution in [0, 0.1) is 5.82 Å². The molecule has 3 heteroatoms. The highest BCUT2D eigenvalue weighted by Crippen LogP contribution is 2.39. The second-order valence-corrected chi connectivity index (χ2v) is 4.35. The van der Waals surface area contributed by atoms with E-state index in [-0.39, 0.29) is 5.82 Å². The van der Waals surface area contributed by atoms with Crippen LogP contribution in [0.4, 0.5) is 4.39 Å². The van der Waals surface area contributed by atoms with Gasteiger partial charge in [0.1, 0.15) is 5.82 Å². The topological polar surface area (TPSA) is 17.8 Å². The van der Waals surface area contributed by atoms with E-state index in [0.29, 0.717) is 5.92 Å².